The number of carbonyl (C=O) groups excluding carboxylic acids is 1. The van der Waals surface area contributed by atoms with Gasteiger partial charge in [-0.2, -0.15) is 4.52 Å². The van der Waals surface area contributed by atoms with E-state index in [4.69, 9.17) is 5.73 Å². The summed E-state index contributed by atoms with van der Waals surface area (Å²) < 4.78 is 15.4. The van der Waals surface area contributed by atoms with Gasteiger partial charge in [0.25, 0.3) is 0 Å². The second-order valence-corrected chi connectivity index (χ2v) is 7.84. The summed E-state index contributed by atoms with van der Waals surface area (Å²) in [5, 5.41) is 4.21. The number of nitrogens with two attached hydrogens (primary N) is 1. The van der Waals surface area contributed by atoms with E-state index in [1.165, 1.54) is 6.07 Å². The first-order chi connectivity index (χ1) is 15.5. The molecule has 4 aromatic rings. The van der Waals surface area contributed by atoms with Gasteiger partial charge in [-0.15, -0.1) is 5.10 Å². The topological polar surface area (TPSA) is 109 Å². The predicted molar refractivity (Wildman–Crippen MR) is 116 cm³/mol. The lowest BCUT2D eigenvalue weighted by Crippen LogP contribution is -2.47. The van der Waals surface area contributed by atoms with Crippen LogP contribution in [0.5, 0.6) is 0 Å². The molecule has 162 valence electrons. The largest absolute Gasteiger partial charge is 0.348 e. The van der Waals surface area contributed by atoms with Crippen molar-refractivity contribution in [1.82, 2.24) is 24.5 Å². The number of halogens is 1. The third kappa shape index (κ3) is 3.56. The quantitative estimate of drug-likeness (QED) is 0.510. The number of fused-ring (bicyclic) bond motifs is 3. The fourth-order valence-corrected chi connectivity index (χ4v) is 4.07. The maximum Gasteiger partial charge on any atom is 0.348 e. The summed E-state index contributed by atoms with van der Waals surface area (Å²) in [6, 6.07) is 15.1. The Bertz CT molecular complexity index is 1360. The Morgan fingerprint density at radius 2 is 1.91 bits per heavy atom. The Hall–Kier alpha value is -3.85. The highest BCUT2D eigenvalue weighted by Gasteiger charge is 2.28. The van der Waals surface area contributed by atoms with E-state index in [2.05, 4.69) is 15.1 Å². The molecular weight excluding hydrogens is 411 g/mol. The minimum Gasteiger partial charge on any atom is -0.336 e. The van der Waals surface area contributed by atoms with Crippen molar-refractivity contribution in [3.63, 3.8) is 0 Å². The fourth-order valence-electron chi connectivity index (χ4n) is 4.07. The van der Waals surface area contributed by atoms with E-state index in [1.54, 1.807) is 23.1 Å². The number of amides is 1. The SMILES string of the molecule is NC(Cc1ccccc1)C(=O)N1CCc2[nH]c(=O)n3nc(-c4ccccc4F)nc3c2C1. The number of aromatic amines is 1. The fraction of sp³-hybridized carbons (Fsp3) is 0.217. The van der Waals surface area contributed by atoms with Gasteiger partial charge in [0.15, 0.2) is 11.5 Å². The van der Waals surface area contributed by atoms with Crippen molar-refractivity contribution in [2.45, 2.75) is 25.4 Å². The highest BCUT2D eigenvalue weighted by atomic mass is 19.1. The Kier molecular flexibility index (Phi) is 5.02. The van der Waals surface area contributed by atoms with Gasteiger partial charge >= 0.3 is 5.69 Å². The maximum atomic E-state index is 14.2. The van der Waals surface area contributed by atoms with Gasteiger partial charge in [0.05, 0.1) is 18.2 Å². The van der Waals surface area contributed by atoms with Crippen molar-refractivity contribution in [3.8, 4) is 11.4 Å². The Morgan fingerprint density at radius 1 is 1.16 bits per heavy atom. The van der Waals surface area contributed by atoms with Crippen molar-refractivity contribution < 1.29 is 9.18 Å². The second-order valence-electron chi connectivity index (χ2n) is 7.84. The van der Waals surface area contributed by atoms with E-state index in [9.17, 15) is 14.0 Å². The minimum absolute atomic E-state index is 0.117. The van der Waals surface area contributed by atoms with Crippen LogP contribution in [0.2, 0.25) is 0 Å². The van der Waals surface area contributed by atoms with Crippen LogP contribution in [0, 0.1) is 5.82 Å². The number of benzene rings is 2. The van der Waals surface area contributed by atoms with Gasteiger partial charge < -0.3 is 15.6 Å². The molecule has 0 saturated heterocycles. The molecule has 8 nitrogen and oxygen atoms in total. The Morgan fingerprint density at radius 3 is 2.69 bits per heavy atom. The van der Waals surface area contributed by atoms with E-state index in [0.29, 0.717) is 36.3 Å². The van der Waals surface area contributed by atoms with Crippen molar-refractivity contribution in [2.24, 2.45) is 5.73 Å². The Balaban J connectivity index is 1.47. The molecule has 3 N–H and O–H groups in total. The molecule has 9 heteroatoms. The molecule has 5 rings (SSSR count). The summed E-state index contributed by atoms with van der Waals surface area (Å²) in [4.78, 5) is 34.5. The monoisotopic (exact) mass is 432 g/mol. The number of rotatable bonds is 4. The van der Waals surface area contributed by atoms with Crippen LogP contribution < -0.4 is 11.4 Å². The van der Waals surface area contributed by atoms with Gasteiger partial charge in [-0.05, 0) is 24.1 Å². The van der Waals surface area contributed by atoms with Gasteiger partial charge in [-0.25, -0.2) is 14.2 Å². The van der Waals surface area contributed by atoms with Crippen molar-refractivity contribution >= 4 is 11.6 Å². The number of carbonyl (C=O) groups is 1. The first-order valence-electron chi connectivity index (χ1n) is 10.4. The van der Waals surface area contributed by atoms with Crippen LogP contribution in [-0.2, 0) is 24.2 Å². The third-order valence-corrected chi connectivity index (χ3v) is 5.71. The molecule has 0 bridgehead atoms. The number of nitrogens with one attached hydrogen (secondary N) is 1. The predicted octanol–water partition coefficient (Wildman–Crippen LogP) is 1.68. The Labute approximate surface area is 182 Å². The van der Waals surface area contributed by atoms with Crippen LogP contribution in [0.4, 0.5) is 4.39 Å². The van der Waals surface area contributed by atoms with Crippen LogP contribution in [0.15, 0.2) is 59.4 Å². The molecular formula is C23H21FN6O2. The van der Waals surface area contributed by atoms with Crippen LogP contribution in [0.25, 0.3) is 17.0 Å². The van der Waals surface area contributed by atoms with Gasteiger partial charge in [0.1, 0.15) is 5.82 Å². The maximum absolute atomic E-state index is 14.2. The summed E-state index contributed by atoms with van der Waals surface area (Å²) in [6.07, 6.45) is 0.902. The molecule has 0 saturated carbocycles. The molecule has 2 aromatic heterocycles. The average molecular weight is 432 g/mol. The lowest BCUT2D eigenvalue weighted by Gasteiger charge is -2.30. The van der Waals surface area contributed by atoms with Crippen molar-refractivity contribution in [1.29, 1.82) is 0 Å². The van der Waals surface area contributed by atoms with Crippen LogP contribution >= 0.6 is 0 Å². The van der Waals surface area contributed by atoms with Gasteiger partial charge in [0, 0.05) is 24.2 Å². The zero-order valence-electron chi connectivity index (χ0n) is 17.2. The highest BCUT2D eigenvalue weighted by molar-refractivity contribution is 5.82. The molecule has 3 heterocycles. The van der Waals surface area contributed by atoms with Crippen LogP contribution in [-0.4, -0.2) is 43.0 Å². The lowest BCUT2D eigenvalue weighted by atomic mass is 10.0. The van der Waals surface area contributed by atoms with Gasteiger partial charge in [-0.3, -0.25) is 4.79 Å². The number of hydrogen-bond donors (Lipinski definition) is 2. The van der Waals surface area contributed by atoms with Crippen molar-refractivity contribution in [2.75, 3.05) is 6.54 Å². The van der Waals surface area contributed by atoms with E-state index >= 15 is 0 Å². The molecule has 0 radical (unpaired) electrons. The molecule has 1 unspecified atom stereocenters. The molecule has 32 heavy (non-hydrogen) atoms. The first kappa shape index (κ1) is 20.1. The molecule has 1 aliphatic rings. The molecule has 0 aliphatic carbocycles. The van der Waals surface area contributed by atoms with Gasteiger partial charge in [-0.1, -0.05) is 42.5 Å². The van der Waals surface area contributed by atoms with E-state index < -0.39 is 17.5 Å². The zero-order chi connectivity index (χ0) is 22.2. The first-order valence-corrected chi connectivity index (χ1v) is 10.4. The summed E-state index contributed by atoms with van der Waals surface area (Å²) in [5.74, 6) is -0.527. The number of nitrogens with zero attached hydrogens (tertiary/aromatic N) is 4. The molecule has 0 fully saturated rings. The summed E-state index contributed by atoms with van der Waals surface area (Å²) >= 11 is 0. The van der Waals surface area contributed by atoms with E-state index in [0.717, 1.165) is 10.1 Å². The normalized spacial score (nSPS) is 14.4. The van der Waals surface area contributed by atoms with Gasteiger partial charge in [0.2, 0.25) is 5.91 Å². The standard InChI is InChI=1S/C23H21FN6O2/c24-17-9-5-4-8-15(17)20-27-21-16-13-29(11-10-19(16)26-23(32)30(21)28-20)22(31)18(25)12-14-6-2-1-3-7-14/h1-9,18H,10-13,25H2,(H,26,32). The van der Waals surface area contributed by atoms with E-state index in [1.807, 2.05) is 30.3 Å². The van der Waals surface area contributed by atoms with Crippen molar-refractivity contribution in [3.05, 3.63) is 87.7 Å². The molecule has 1 atom stereocenters. The smallest absolute Gasteiger partial charge is 0.336 e. The highest BCUT2D eigenvalue weighted by Crippen LogP contribution is 2.24. The number of hydrogen-bond acceptors (Lipinski definition) is 5. The number of aromatic nitrogens is 4. The molecule has 2 aromatic carbocycles. The summed E-state index contributed by atoms with van der Waals surface area (Å²) in [5.41, 5.74) is 8.66. The second kappa shape index (κ2) is 8.01. The van der Waals surface area contributed by atoms with E-state index in [-0.39, 0.29) is 23.8 Å². The lowest BCUT2D eigenvalue weighted by molar-refractivity contribution is -0.133. The minimum atomic E-state index is -0.676. The zero-order valence-corrected chi connectivity index (χ0v) is 17.2. The molecule has 0 spiro atoms. The van der Waals surface area contributed by atoms with Crippen LogP contribution in [0.3, 0.4) is 0 Å². The van der Waals surface area contributed by atoms with Crippen LogP contribution in [0.1, 0.15) is 16.8 Å². The average Bonchev–Trinajstić information content (AvgIpc) is 3.26. The molecule has 1 amide bonds. The third-order valence-electron chi connectivity index (χ3n) is 5.71. The summed E-state index contributed by atoms with van der Waals surface area (Å²) in [6.45, 7) is 0.682. The number of H-pyrrole nitrogens is 1. The molecule has 1 aliphatic heterocycles. The summed E-state index contributed by atoms with van der Waals surface area (Å²) in [7, 11) is 0.